The molecule has 2 aromatic rings. The van der Waals surface area contributed by atoms with Crippen LogP contribution < -0.4 is 10.1 Å². The average molecular weight is 245 g/mol. The maximum Gasteiger partial charge on any atom is 0.123 e. The van der Waals surface area contributed by atoms with Crippen molar-refractivity contribution in [1.82, 2.24) is 0 Å². The minimum atomic E-state index is -0.215. The first-order chi connectivity index (χ1) is 8.84. The van der Waals surface area contributed by atoms with Crippen LogP contribution >= 0.6 is 0 Å². The van der Waals surface area contributed by atoms with E-state index in [1.807, 2.05) is 30.3 Å². The van der Waals surface area contributed by atoms with Crippen molar-refractivity contribution in [2.75, 3.05) is 18.5 Å². The van der Waals surface area contributed by atoms with Crippen molar-refractivity contribution < 1.29 is 9.13 Å². The number of hydrogen-bond acceptors (Lipinski definition) is 2. The Bertz CT molecular complexity index is 456. The molecule has 2 rings (SSSR count). The van der Waals surface area contributed by atoms with Gasteiger partial charge in [-0.2, -0.15) is 0 Å². The summed E-state index contributed by atoms with van der Waals surface area (Å²) in [5, 5.41) is 3.21. The monoisotopic (exact) mass is 245 g/mol. The molecule has 0 radical (unpaired) electrons. The number of ether oxygens (including phenoxy) is 1. The molecule has 0 unspecified atom stereocenters. The fourth-order valence-corrected chi connectivity index (χ4v) is 1.58. The number of anilines is 1. The molecule has 18 heavy (non-hydrogen) atoms. The molecule has 0 saturated heterocycles. The molecule has 3 heteroatoms. The minimum Gasteiger partial charge on any atom is -0.494 e. The van der Waals surface area contributed by atoms with Crippen LogP contribution in [0.3, 0.4) is 0 Å². The lowest BCUT2D eigenvalue weighted by molar-refractivity contribution is 0.315. The van der Waals surface area contributed by atoms with Crippen LogP contribution in [0.2, 0.25) is 0 Å². The molecule has 0 amide bonds. The fourth-order valence-electron chi connectivity index (χ4n) is 1.58. The number of hydrogen-bond donors (Lipinski definition) is 1. The second kappa shape index (κ2) is 6.64. The molecule has 1 N–H and O–H groups in total. The van der Waals surface area contributed by atoms with E-state index in [4.69, 9.17) is 4.74 Å². The number of rotatable bonds is 6. The Morgan fingerprint density at radius 3 is 2.39 bits per heavy atom. The summed E-state index contributed by atoms with van der Waals surface area (Å²) in [5.74, 6) is 0.673. The van der Waals surface area contributed by atoms with Crippen LogP contribution in [-0.2, 0) is 0 Å². The Hall–Kier alpha value is -2.03. The summed E-state index contributed by atoms with van der Waals surface area (Å²) in [5.41, 5.74) is 0.927. The lowest BCUT2D eigenvalue weighted by Gasteiger charge is -2.08. The van der Waals surface area contributed by atoms with E-state index >= 15 is 0 Å². The molecule has 0 aliphatic rings. The third-order valence-electron chi connectivity index (χ3n) is 2.51. The highest BCUT2D eigenvalue weighted by Crippen LogP contribution is 2.09. The molecule has 0 spiro atoms. The molecular weight excluding hydrogens is 229 g/mol. The van der Waals surface area contributed by atoms with Crippen molar-refractivity contribution in [3.63, 3.8) is 0 Å². The van der Waals surface area contributed by atoms with E-state index < -0.39 is 0 Å². The quantitative estimate of drug-likeness (QED) is 0.783. The van der Waals surface area contributed by atoms with E-state index in [1.54, 1.807) is 12.1 Å². The van der Waals surface area contributed by atoms with E-state index in [1.165, 1.54) is 12.1 Å². The van der Waals surface area contributed by atoms with Gasteiger partial charge in [-0.15, -0.1) is 0 Å². The zero-order valence-corrected chi connectivity index (χ0v) is 10.1. The van der Waals surface area contributed by atoms with Crippen LogP contribution in [0.15, 0.2) is 54.6 Å². The summed E-state index contributed by atoms with van der Waals surface area (Å²) >= 11 is 0. The Balaban J connectivity index is 1.63. The number of para-hydroxylation sites is 1. The van der Waals surface area contributed by atoms with Crippen molar-refractivity contribution >= 4 is 5.69 Å². The van der Waals surface area contributed by atoms with Gasteiger partial charge in [-0.05, 0) is 42.8 Å². The van der Waals surface area contributed by atoms with Gasteiger partial charge < -0.3 is 10.1 Å². The van der Waals surface area contributed by atoms with Crippen LogP contribution in [0.4, 0.5) is 10.1 Å². The fraction of sp³-hybridized carbons (Fsp3) is 0.200. The van der Waals surface area contributed by atoms with Crippen molar-refractivity contribution in [2.24, 2.45) is 0 Å². The van der Waals surface area contributed by atoms with Gasteiger partial charge in [0.15, 0.2) is 0 Å². The summed E-state index contributed by atoms with van der Waals surface area (Å²) in [6.45, 7) is 1.47. The summed E-state index contributed by atoms with van der Waals surface area (Å²) in [6, 6.07) is 16.1. The average Bonchev–Trinajstić information content (AvgIpc) is 2.42. The molecule has 0 aromatic heterocycles. The predicted molar refractivity (Wildman–Crippen MR) is 71.4 cm³/mol. The second-order valence-corrected chi connectivity index (χ2v) is 3.95. The van der Waals surface area contributed by atoms with Gasteiger partial charge in [0.1, 0.15) is 11.6 Å². The highest BCUT2D eigenvalue weighted by atomic mass is 19.1. The summed E-state index contributed by atoms with van der Waals surface area (Å²) in [6.07, 6.45) is 0.895. The van der Waals surface area contributed by atoms with Crippen LogP contribution in [0.5, 0.6) is 5.75 Å². The molecule has 0 aliphatic heterocycles. The standard InChI is InChI=1S/C15H16FNO/c16-13-7-9-14(10-8-13)17-11-4-12-18-15-5-2-1-3-6-15/h1-3,5-10,17H,4,11-12H2. The number of halogens is 1. The van der Waals surface area contributed by atoms with Crippen LogP contribution in [-0.4, -0.2) is 13.2 Å². The lowest BCUT2D eigenvalue weighted by Crippen LogP contribution is -2.07. The Morgan fingerprint density at radius 1 is 0.944 bits per heavy atom. The van der Waals surface area contributed by atoms with Gasteiger partial charge in [-0.1, -0.05) is 18.2 Å². The van der Waals surface area contributed by atoms with E-state index in [0.717, 1.165) is 24.4 Å². The van der Waals surface area contributed by atoms with Gasteiger partial charge in [0.05, 0.1) is 6.61 Å². The highest BCUT2D eigenvalue weighted by Gasteiger charge is 1.94. The maximum absolute atomic E-state index is 12.7. The normalized spacial score (nSPS) is 10.1. The van der Waals surface area contributed by atoms with Gasteiger partial charge in [-0.3, -0.25) is 0 Å². The van der Waals surface area contributed by atoms with Gasteiger partial charge in [-0.25, -0.2) is 4.39 Å². The van der Waals surface area contributed by atoms with Gasteiger partial charge in [0.25, 0.3) is 0 Å². The van der Waals surface area contributed by atoms with E-state index in [9.17, 15) is 4.39 Å². The Kier molecular flexibility index (Phi) is 4.59. The van der Waals surface area contributed by atoms with E-state index in [2.05, 4.69) is 5.32 Å². The van der Waals surface area contributed by atoms with E-state index in [0.29, 0.717) is 6.61 Å². The van der Waals surface area contributed by atoms with Crippen molar-refractivity contribution in [1.29, 1.82) is 0 Å². The minimum absolute atomic E-state index is 0.215. The van der Waals surface area contributed by atoms with Crippen molar-refractivity contribution in [3.8, 4) is 5.75 Å². The smallest absolute Gasteiger partial charge is 0.123 e. The molecule has 2 aromatic carbocycles. The molecule has 0 heterocycles. The predicted octanol–water partition coefficient (Wildman–Crippen LogP) is 3.71. The van der Waals surface area contributed by atoms with Crippen molar-refractivity contribution in [2.45, 2.75) is 6.42 Å². The van der Waals surface area contributed by atoms with E-state index in [-0.39, 0.29) is 5.82 Å². The second-order valence-electron chi connectivity index (χ2n) is 3.95. The SMILES string of the molecule is Fc1ccc(NCCCOc2ccccc2)cc1. The van der Waals surface area contributed by atoms with Crippen molar-refractivity contribution in [3.05, 3.63) is 60.4 Å². The van der Waals surface area contributed by atoms with Gasteiger partial charge in [0.2, 0.25) is 0 Å². The van der Waals surface area contributed by atoms with Crippen LogP contribution in [0.25, 0.3) is 0 Å². The third kappa shape index (κ3) is 4.09. The lowest BCUT2D eigenvalue weighted by atomic mass is 10.3. The Morgan fingerprint density at radius 2 is 1.67 bits per heavy atom. The molecule has 0 atom stereocenters. The molecule has 0 fully saturated rings. The van der Waals surface area contributed by atoms with Crippen LogP contribution in [0, 0.1) is 5.82 Å². The highest BCUT2D eigenvalue weighted by molar-refractivity contribution is 5.42. The van der Waals surface area contributed by atoms with Gasteiger partial charge in [0, 0.05) is 12.2 Å². The zero-order chi connectivity index (χ0) is 12.6. The first-order valence-electron chi connectivity index (χ1n) is 6.02. The maximum atomic E-state index is 12.7. The Labute approximate surface area is 106 Å². The molecular formula is C15H16FNO. The molecule has 0 bridgehead atoms. The number of benzene rings is 2. The summed E-state index contributed by atoms with van der Waals surface area (Å²) in [4.78, 5) is 0. The molecule has 0 aliphatic carbocycles. The third-order valence-corrected chi connectivity index (χ3v) is 2.51. The topological polar surface area (TPSA) is 21.3 Å². The molecule has 2 nitrogen and oxygen atoms in total. The van der Waals surface area contributed by atoms with Crippen LogP contribution in [0.1, 0.15) is 6.42 Å². The number of nitrogens with one attached hydrogen (secondary N) is 1. The van der Waals surface area contributed by atoms with Gasteiger partial charge >= 0.3 is 0 Å². The molecule has 0 saturated carbocycles. The summed E-state index contributed by atoms with van der Waals surface area (Å²) in [7, 11) is 0. The largest absolute Gasteiger partial charge is 0.494 e. The first-order valence-corrected chi connectivity index (χ1v) is 6.02. The summed E-state index contributed by atoms with van der Waals surface area (Å²) < 4.78 is 18.2. The zero-order valence-electron chi connectivity index (χ0n) is 10.1. The first kappa shape index (κ1) is 12.4. The molecule has 94 valence electrons.